The fraction of sp³-hybridized carbons (Fsp3) is 0.545. The molecule has 0 unspecified atom stereocenters. The Morgan fingerprint density at radius 3 is 2.50 bits per heavy atom. The van der Waals surface area contributed by atoms with E-state index < -0.39 is 0 Å². The Morgan fingerprint density at radius 2 is 1.84 bits per heavy atom. The third-order valence-electron chi connectivity index (χ3n) is 4.82. The van der Waals surface area contributed by atoms with Gasteiger partial charge in [-0.3, -0.25) is 14.2 Å². The van der Waals surface area contributed by atoms with E-state index in [9.17, 15) is 9.59 Å². The highest BCUT2D eigenvalue weighted by Crippen LogP contribution is 2.24. The zero-order valence-electron chi connectivity index (χ0n) is 19.2. The summed E-state index contributed by atoms with van der Waals surface area (Å²) in [6.07, 6.45) is 0. The van der Waals surface area contributed by atoms with Gasteiger partial charge in [-0.1, -0.05) is 42.1 Å². The Kier molecular flexibility index (Phi) is 8.14. The lowest BCUT2D eigenvalue weighted by atomic mass is 10.1. The van der Waals surface area contributed by atoms with E-state index in [-0.39, 0.29) is 29.7 Å². The van der Waals surface area contributed by atoms with Gasteiger partial charge in [-0.15, -0.1) is 10.2 Å². The summed E-state index contributed by atoms with van der Waals surface area (Å²) >= 11 is 1.34. The van der Waals surface area contributed by atoms with Gasteiger partial charge in [0.25, 0.3) is 0 Å². The predicted octanol–water partition coefficient (Wildman–Crippen LogP) is 1.63. The molecular weight excluding hydrogens is 428 g/mol. The fourth-order valence-corrected chi connectivity index (χ4v) is 4.16. The molecule has 1 aromatic carbocycles. The van der Waals surface area contributed by atoms with Gasteiger partial charge in [0, 0.05) is 25.7 Å². The summed E-state index contributed by atoms with van der Waals surface area (Å²) in [6.45, 7) is 9.18. The van der Waals surface area contributed by atoms with E-state index in [1.54, 1.807) is 7.05 Å². The largest absolute Gasteiger partial charge is 0.378 e. The number of nitrogens with zero attached hydrogens (tertiary/aromatic N) is 5. The maximum absolute atomic E-state index is 12.6. The van der Waals surface area contributed by atoms with E-state index in [1.165, 1.54) is 16.7 Å². The summed E-state index contributed by atoms with van der Waals surface area (Å²) in [5, 5.41) is 12.3. The SMILES string of the molecule is CN(CC(=O)NC(C)(C)C)C(=O)CSc1nnc(N2CCOCC2)n1Cc1ccccc1. The van der Waals surface area contributed by atoms with Gasteiger partial charge in [0.1, 0.15) is 0 Å². The van der Waals surface area contributed by atoms with Crippen LogP contribution in [0.3, 0.4) is 0 Å². The average Bonchev–Trinajstić information content (AvgIpc) is 3.14. The molecule has 0 saturated carbocycles. The zero-order valence-corrected chi connectivity index (χ0v) is 20.0. The minimum atomic E-state index is -0.334. The van der Waals surface area contributed by atoms with Crippen LogP contribution in [-0.4, -0.2) is 82.7 Å². The number of anilines is 1. The van der Waals surface area contributed by atoms with Crippen molar-refractivity contribution >= 4 is 29.5 Å². The maximum atomic E-state index is 12.6. The fourth-order valence-electron chi connectivity index (χ4n) is 3.29. The normalized spacial score (nSPS) is 14.3. The molecular formula is C22H32N6O3S. The Bertz CT molecular complexity index is 906. The molecule has 3 rings (SSSR count). The predicted molar refractivity (Wildman–Crippen MR) is 125 cm³/mol. The molecule has 2 aromatic rings. The van der Waals surface area contributed by atoms with Crippen molar-refractivity contribution in [3.8, 4) is 0 Å². The van der Waals surface area contributed by atoms with Crippen molar-refractivity contribution in [1.82, 2.24) is 25.0 Å². The number of rotatable bonds is 8. The van der Waals surface area contributed by atoms with E-state index in [1.807, 2.05) is 43.5 Å². The van der Waals surface area contributed by atoms with Crippen LogP contribution in [0.15, 0.2) is 35.5 Å². The van der Waals surface area contributed by atoms with Crippen LogP contribution >= 0.6 is 11.8 Å². The molecule has 9 nitrogen and oxygen atoms in total. The summed E-state index contributed by atoms with van der Waals surface area (Å²) < 4.78 is 7.51. The van der Waals surface area contributed by atoms with E-state index in [0.717, 1.165) is 24.6 Å². The van der Waals surface area contributed by atoms with Gasteiger partial charge in [0.05, 0.1) is 32.1 Å². The number of amides is 2. The molecule has 1 saturated heterocycles. The van der Waals surface area contributed by atoms with E-state index >= 15 is 0 Å². The van der Waals surface area contributed by atoms with Gasteiger partial charge in [0.15, 0.2) is 5.16 Å². The van der Waals surface area contributed by atoms with Crippen molar-refractivity contribution in [2.45, 2.75) is 38.0 Å². The van der Waals surface area contributed by atoms with Crippen LogP contribution in [-0.2, 0) is 20.9 Å². The second-order valence-corrected chi connectivity index (χ2v) is 9.73. The summed E-state index contributed by atoms with van der Waals surface area (Å²) in [5.41, 5.74) is 0.797. The first-order chi connectivity index (χ1) is 15.2. The molecule has 0 bridgehead atoms. The molecule has 0 radical (unpaired) electrons. The Hall–Kier alpha value is -2.59. The Labute approximate surface area is 193 Å². The molecule has 2 heterocycles. The third-order valence-corrected chi connectivity index (χ3v) is 5.77. The van der Waals surface area contributed by atoms with Crippen LogP contribution in [0.2, 0.25) is 0 Å². The number of likely N-dealkylation sites (N-methyl/N-ethyl adjacent to an activating group) is 1. The highest BCUT2D eigenvalue weighted by atomic mass is 32.2. The number of morpholine rings is 1. The Balaban J connectivity index is 1.68. The van der Waals surface area contributed by atoms with Crippen LogP contribution in [0.25, 0.3) is 0 Å². The van der Waals surface area contributed by atoms with E-state index in [2.05, 4.69) is 32.5 Å². The van der Waals surface area contributed by atoms with Crippen molar-refractivity contribution in [3.05, 3.63) is 35.9 Å². The zero-order chi connectivity index (χ0) is 23.1. The van der Waals surface area contributed by atoms with Crippen molar-refractivity contribution in [2.24, 2.45) is 0 Å². The minimum absolute atomic E-state index is 0.0202. The number of carbonyl (C=O) groups is 2. The first-order valence-corrected chi connectivity index (χ1v) is 11.7. The van der Waals surface area contributed by atoms with E-state index in [4.69, 9.17) is 4.74 Å². The topological polar surface area (TPSA) is 92.6 Å². The monoisotopic (exact) mass is 460 g/mol. The Morgan fingerprint density at radius 1 is 1.16 bits per heavy atom. The number of ether oxygens (including phenoxy) is 1. The standard InChI is InChI=1S/C22H32N6O3S/c1-22(2,3)23-18(29)15-26(4)19(30)16-32-21-25-24-20(27-10-12-31-13-11-27)28(21)14-17-8-6-5-7-9-17/h5-9H,10-16H2,1-4H3,(H,23,29). The van der Waals surface area contributed by atoms with Crippen LogP contribution < -0.4 is 10.2 Å². The number of thioether (sulfide) groups is 1. The summed E-state index contributed by atoms with van der Waals surface area (Å²) in [5.74, 6) is 0.640. The van der Waals surface area contributed by atoms with E-state index in [0.29, 0.717) is 24.9 Å². The van der Waals surface area contributed by atoms with Gasteiger partial charge >= 0.3 is 0 Å². The minimum Gasteiger partial charge on any atom is -0.378 e. The molecule has 10 heteroatoms. The average molecular weight is 461 g/mol. The first kappa shape index (κ1) is 24.1. The number of hydrogen-bond acceptors (Lipinski definition) is 7. The lowest BCUT2D eigenvalue weighted by Gasteiger charge is -2.28. The summed E-state index contributed by atoms with van der Waals surface area (Å²) in [4.78, 5) is 28.4. The van der Waals surface area contributed by atoms with Crippen LogP contribution in [0.5, 0.6) is 0 Å². The number of aromatic nitrogens is 3. The smallest absolute Gasteiger partial charge is 0.240 e. The van der Waals surface area contributed by atoms with Gasteiger partial charge in [-0.2, -0.15) is 0 Å². The number of nitrogens with one attached hydrogen (secondary N) is 1. The quantitative estimate of drug-likeness (QED) is 0.599. The molecule has 1 aromatic heterocycles. The van der Waals surface area contributed by atoms with Crippen LogP contribution in [0.1, 0.15) is 26.3 Å². The van der Waals surface area contributed by atoms with Crippen molar-refractivity contribution in [3.63, 3.8) is 0 Å². The van der Waals surface area contributed by atoms with Crippen LogP contribution in [0, 0.1) is 0 Å². The summed E-state index contributed by atoms with van der Waals surface area (Å²) in [7, 11) is 1.64. The molecule has 1 aliphatic heterocycles. The van der Waals surface area contributed by atoms with Gasteiger partial charge in [0.2, 0.25) is 17.8 Å². The second-order valence-electron chi connectivity index (χ2n) is 8.79. The molecule has 0 aliphatic carbocycles. The number of carbonyl (C=O) groups excluding carboxylic acids is 2. The highest BCUT2D eigenvalue weighted by molar-refractivity contribution is 7.99. The van der Waals surface area contributed by atoms with Crippen molar-refractivity contribution in [1.29, 1.82) is 0 Å². The molecule has 174 valence electrons. The number of benzene rings is 1. The van der Waals surface area contributed by atoms with Crippen molar-refractivity contribution in [2.75, 3.05) is 50.5 Å². The molecule has 0 spiro atoms. The third kappa shape index (κ3) is 6.96. The van der Waals surface area contributed by atoms with Gasteiger partial charge in [-0.05, 0) is 26.3 Å². The molecule has 0 atom stereocenters. The lowest BCUT2D eigenvalue weighted by Crippen LogP contribution is -2.46. The highest BCUT2D eigenvalue weighted by Gasteiger charge is 2.23. The molecule has 1 fully saturated rings. The second kappa shape index (κ2) is 10.8. The van der Waals surface area contributed by atoms with Gasteiger partial charge in [-0.25, -0.2) is 0 Å². The molecule has 2 amide bonds. The van der Waals surface area contributed by atoms with Crippen LogP contribution in [0.4, 0.5) is 5.95 Å². The molecule has 32 heavy (non-hydrogen) atoms. The van der Waals surface area contributed by atoms with Gasteiger partial charge < -0.3 is 19.9 Å². The maximum Gasteiger partial charge on any atom is 0.240 e. The first-order valence-electron chi connectivity index (χ1n) is 10.7. The summed E-state index contributed by atoms with van der Waals surface area (Å²) in [6, 6.07) is 10.1. The lowest BCUT2D eigenvalue weighted by molar-refractivity contribution is -0.133. The molecule has 1 N–H and O–H groups in total. The number of hydrogen-bond donors (Lipinski definition) is 1. The van der Waals surface area contributed by atoms with Crippen molar-refractivity contribution < 1.29 is 14.3 Å². The molecule has 1 aliphatic rings.